The molecular formula is C12H20N4O. The first-order valence-corrected chi connectivity index (χ1v) is 6.09. The van der Waals surface area contributed by atoms with Crippen LogP contribution in [-0.2, 0) is 0 Å². The molecule has 2 heterocycles. The molecule has 2 rings (SSSR count). The van der Waals surface area contributed by atoms with Crippen LogP contribution in [0.3, 0.4) is 0 Å². The van der Waals surface area contributed by atoms with E-state index in [0.29, 0.717) is 0 Å². The highest BCUT2D eigenvalue weighted by Crippen LogP contribution is 2.14. The summed E-state index contributed by atoms with van der Waals surface area (Å²) in [5.74, 6) is 1.86. The molecule has 5 nitrogen and oxygen atoms in total. The Morgan fingerprint density at radius 1 is 1.18 bits per heavy atom. The number of anilines is 1. The van der Waals surface area contributed by atoms with Crippen molar-refractivity contribution in [3.63, 3.8) is 0 Å². The van der Waals surface area contributed by atoms with E-state index in [0.717, 1.165) is 50.1 Å². The summed E-state index contributed by atoms with van der Waals surface area (Å²) in [6, 6.07) is 2.04. The van der Waals surface area contributed by atoms with Gasteiger partial charge in [-0.25, -0.2) is 9.97 Å². The SMILES string of the molecule is Cc1cc(N2CCN(CCO)CC2)nc(C)n1. The zero-order valence-corrected chi connectivity index (χ0v) is 10.6. The summed E-state index contributed by atoms with van der Waals surface area (Å²) in [6.45, 7) is 8.86. The highest BCUT2D eigenvalue weighted by atomic mass is 16.3. The van der Waals surface area contributed by atoms with Crippen molar-refractivity contribution in [2.75, 3.05) is 44.2 Å². The molecule has 17 heavy (non-hydrogen) atoms. The van der Waals surface area contributed by atoms with Gasteiger partial charge in [0.15, 0.2) is 0 Å². The number of hydrogen-bond acceptors (Lipinski definition) is 5. The van der Waals surface area contributed by atoms with Crippen molar-refractivity contribution in [1.29, 1.82) is 0 Å². The van der Waals surface area contributed by atoms with Crippen LogP contribution in [0.4, 0.5) is 5.82 Å². The Balaban J connectivity index is 2.00. The van der Waals surface area contributed by atoms with E-state index >= 15 is 0 Å². The average Bonchev–Trinajstić information content (AvgIpc) is 2.29. The van der Waals surface area contributed by atoms with Crippen LogP contribution in [0.2, 0.25) is 0 Å². The average molecular weight is 236 g/mol. The van der Waals surface area contributed by atoms with Gasteiger partial charge in [0.1, 0.15) is 11.6 Å². The molecule has 0 unspecified atom stereocenters. The van der Waals surface area contributed by atoms with Gasteiger partial charge in [-0.2, -0.15) is 0 Å². The van der Waals surface area contributed by atoms with E-state index in [1.807, 2.05) is 19.9 Å². The summed E-state index contributed by atoms with van der Waals surface area (Å²) in [6.07, 6.45) is 0. The van der Waals surface area contributed by atoms with Gasteiger partial charge in [-0.05, 0) is 13.8 Å². The molecule has 1 aliphatic heterocycles. The van der Waals surface area contributed by atoms with E-state index in [-0.39, 0.29) is 6.61 Å². The molecule has 1 aromatic heterocycles. The maximum absolute atomic E-state index is 8.90. The fourth-order valence-electron chi connectivity index (χ4n) is 2.20. The van der Waals surface area contributed by atoms with Crippen LogP contribution in [-0.4, -0.2) is 59.3 Å². The number of aliphatic hydroxyl groups excluding tert-OH is 1. The van der Waals surface area contributed by atoms with Crippen molar-refractivity contribution < 1.29 is 5.11 Å². The van der Waals surface area contributed by atoms with Crippen LogP contribution in [0.25, 0.3) is 0 Å². The minimum Gasteiger partial charge on any atom is -0.395 e. The molecule has 0 aromatic carbocycles. The second-order valence-electron chi connectivity index (χ2n) is 4.47. The molecule has 5 heteroatoms. The van der Waals surface area contributed by atoms with Crippen molar-refractivity contribution in [1.82, 2.24) is 14.9 Å². The lowest BCUT2D eigenvalue weighted by atomic mass is 10.3. The number of aryl methyl sites for hydroxylation is 2. The molecule has 0 aliphatic carbocycles. The molecule has 1 N–H and O–H groups in total. The Hall–Kier alpha value is -1.20. The third-order valence-electron chi connectivity index (χ3n) is 3.07. The van der Waals surface area contributed by atoms with Gasteiger partial charge in [-0.3, -0.25) is 4.90 Å². The maximum Gasteiger partial charge on any atom is 0.132 e. The van der Waals surface area contributed by atoms with Crippen LogP contribution in [0.1, 0.15) is 11.5 Å². The summed E-state index contributed by atoms with van der Waals surface area (Å²) in [5.41, 5.74) is 1.02. The standard InChI is InChI=1S/C12H20N4O/c1-10-9-12(14-11(2)13-10)16-5-3-15(4-6-16)7-8-17/h9,17H,3-8H2,1-2H3. The van der Waals surface area contributed by atoms with Crippen molar-refractivity contribution in [2.45, 2.75) is 13.8 Å². The quantitative estimate of drug-likeness (QED) is 0.813. The van der Waals surface area contributed by atoms with Gasteiger partial charge in [0, 0.05) is 44.5 Å². The van der Waals surface area contributed by atoms with E-state index in [4.69, 9.17) is 5.11 Å². The molecule has 1 aromatic rings. The first kappa shape index (κ1) is 12.3. The molecule has 1 saturated heterocycles. The summed E-state index contributed by atoms with van der Waals surface area (Å²) < 4.78 is 0. The van der Waals surface area contributed by atoms with E-state index in [1.165, 1.54) is 0 Å². The molecule has 0 radical (unpaired) electrons. The topological polar surface area (TPSA) is 52.5 Å². The maximum atomic E-state index is 8.90. The molecule has 1 aliphatic rings. The Kier molecular flexibility index (Phi) is 3.91. The normalized spacial score (nSPS) is 17.5. The number of aromatic nitrogens is 2. The van der Waals surface area contributed by atoms with Crippen LogP contribution >= 0.6 is 0 Å². The van der Waals surface area contributed by atoms with Crippen molar-refractivity contribution in [3.05, 3.63) is 17.6 Å². The predicted octanol–water partition coefficient (Wildman–Crippen LogP) is 0.208. The van der Waals surface area contributed by atoms with Gasteiger partial charge in [0.05, 0.1) is 6.61 Å². The minimum atomic E-state index is 0.242. The molecular weight excluding hydrogens is 216 g/mol. The van der Waals surface area contributed by atoms with Crippen LogP contribution in [0.15, 0.2) is 6.07 Å². The molecule has 0 saturated carbocycles. The van der Waals surface area contributed by atoms with E-state index in [9.17, 15) is 0 Å². The lowest BCUT2D eigenvalue weighted by Gasteiger charge is -2.35. The number of nitrogens with zero attached hydrogens (tertiary/aromatic N) is 4. The summed E-state index contributed by atoms with van der Waals surface area (Å²) in [5, 5.41) is 8.90. The Morgan fingerprint density at radius 3 is 2.47 bits per heavy atom. The Labute approximate surface area is 102 Å². The fraction of sp³-hybridized carbons (Fsp3) is 0.667. The lowest BCUT2D eigenvalue weighted by molar-refractivity contribution is 0.188. The second kappa shape index (κ2) is 5.42. The Bertz CT molecular complexity index is 355. The third kappa shape index (κ3) is 3.14. The van der Waals surface area contributed by atoms with Gasteiger partial charge in [0.25, 0.3) is 0 Å². The first-order valence-electron chi connectivity index (χ1n) is 6.09. The van der Waals surface area contributed by atoms with Crippen LogP contribution in [0.5, 0.6) is 0 Å². The highest BCUT2D eigenvalue weighted by Gasteiger charge is 2.17. The van der Waals surface area contributed by atoms with Gasteiger partial charge in [0.2, 0.25) is 0 Å². The number of β-amino-alcohol motifs (C(OH)–C–C–N with tert-alkyl or cyclic N) is 1. The molecule has 0 atom stereocenters. The number of rotatable bonds is 3. The van der Waals surface area contributed by atoms with Crippen molar-refractivity contribution >= 4 is 5.82 Å². The van der Waals surface area contributed by atoms with E-state index < -0.39 is 0 Å². The fourth-order valence-corrected chi connectivity index (χ4v) is 2.20. The predicted molar refractivity (Wildman–Crippen MR) is 67.2 cm³/mol. The summed E-state index contributed by atoms with van der Waals surface area (Å²) in [7, 11) is 0. The molecule has 94 valence electrons. The molecule has 0 spiro atoms. The lowest BCUT2D eigenvalue weighted by Crippen LogP contribution is -2.47. The highest BCUT2D eigenvalue weighted by molar-refractivity contribution is 5.40. The van der Waals surface area contributed by atoms with Crippen molar-refractivity contribution in [3.8, 4) is 0 Å². The zero-order valence-electron chi connectivity index (χ0n) is 10.6. The molecule has 0 bridgehead atoms. The Morgan fingerprint density at radius 2 is 1.88 bits per heavy atom. The van der Waals surface area contributed by atoms with Gasteiger partial charge in [-0.15, -0.1) is 0 Å². The first-order chi connectivity index (χ1) is 8.19. The summed E-state index contributed by atoms with van der Waals surface area (Å²) >= 11 is 0. The zero-order chi connectivity index (χ0) is 12.3. The van der Waals surface area contributed by atoms with Crippen molar-refractivity contribution in [2.24, 2.45) is 0 Å². The number of piperazine rings is 1. The van der Waals surface area contributed by atoms with Crippen LogP contribution < -0.4 is 4.90 Å². The second-order valence-corrected chi connectivity index (χ2v) is 4.47. The van der Waals surface area contributed by atoms with Crippen LogP contribution in [0, 0.1) is 13.8 Å². The van der Waals surface area contributed by atoms with Gasteiger partial charge < -0.3 is 10.0 Å². The van der Waals surface area contributed by atoms with E-state index in [2.05, 4.69) is 19.8 Å². The van der Waals surface area contributed by atoms with Gasteiger partial charge in [-0.1, -0.05) is 0 Å². The smallest absolute Gasteiger partial charge is 0.132 e. The largest absolute Gasteiger partial charge is 0.395 e. The number of aliphatic hydroxyl groups is 1. The number of hydrogen-bond donors (Lipinski definition) is 1. The molecule has 1 fully saturated rings. The third-order valence-corrected chi connectivity index (χ3v) is 3.07. The summed E-state index contributed by atoms with van der Waals surface area (Å²) in [4.78, 5) is 13.3. The molecule has 0 amide bonds. The monoisotopic (exact) mass is 236 g/mol. The van der Waals surface area contributed by atoms with E-state index in [1.54, 1.807) is 0 Å². The van der Waals surface area contributed by atoms with Gasteiger partial charge >= 0.3 is 0 Å². The minimum absolute atomic E-state index is 0.242.